The second-order valence-electron chi connectivity index (χ2n) is 18.3. The lowest BCUT2D eigenvalue weighted by Crippen LogP contribution is -2.58. The van der Waals surface area contributed by atoms with Crippen LogP contribution in [0.2, 0.25) is 0 Å². The highest BCUT2D eigenvalue weighted by Crippen LogP contribution is 2.70. The van der Waals surface area contributed by atoms with E-state index >= 15 is 0 Å². The molecule has 0 unspecified atom stereocenters. The second kappa shape index (κ2) is 13.0. The van der Waals surface area contributed by atoms with E-state index in [4.69, 9.17) is 23.7 Å². The molecule has 0 amide bonds. The quantitative estimate of drug-likeness (QED) is 0.227. The molecule has 0 spiro atoms. The molecule has 1 heterocycles. The highest BCUT2D eigenvalue weighted by molar-refractivity contribution is 5.79. The van der Waals surface area contributed by atoms with Crippen LogP contribution in [0.5, 0.6) is 5.75 Å². The van der Waals surface area contributed by atoms with E-state index in [1.165, 1.54) is 38.5 Å². The van der Waals surface area contributed by atoms with Gasteiger partial charge in [-0.25, -0.2) is 0 Å². The molecule has 0 radical (unpaired) electrons. The molecule has 8 nitrogen and oxygen atoms in total. The monoisotopic (exact) mass is 680 g/mol. The molecular formula is C41H60O8. The van der Waals surface area contributed by atoms with Crippen molar-refractivity contribution in [1.82, 2.24) is 0 Å². The number of esters is 2. The number of fused-ring (bicyclic) bond motifs is 6. The first-order chi connectivity index (χ1) is 23.0. The summed E-state index contributed by atoms with van der Waals surface area (Å²) in [7, 11) is 1.90. The molecule has 0 saturated heterocycles. The van der Waals surface area contributed by atoms with E-state index in [9.17, 15) is 14.4 Å². The number of carbonyl (C=O) groups is 2. The topological polar surface area (TPSA) is 112 Å². The summed E-state index contributed by atoms with van der Waals surface area (Å²) in [6.45, 7) is 16.8. The van der Waals surface area contributed by atoms with Crippen molar-refractivity contribution in [1.29, 1.82) is 0 Å². The molecule has 1 aromatic rings. The van der Waals surface area contributed by atoms with Crippen LogP contribution in [0.15, 0.2) is 33.2 Å². The Hall–Kier alpha value is -2.45. The Balaban J connectivity index is 1.12. The predicted octanol–water partition coefficient (Wildman–Crippen LogP) is 8.18. The highest BCUT2D eigenvalue weighted by atomic mass is 16.6. The molecule has 0 aromatic carbocycles. The van der Waals surface area contributed by atoms with Gasteiger partial charge in [0.1, 0.15) is 24.7 Å². The summed E-state index contributed by atoms with van der Waals surface area (Å²) >= 11 is 0. The van der Waals surface area contributed by atoms with Crippen LogP contribution in [0.25, 0.3) is 0 Å². The summed E-state index contributed by atoms with van der Waals surface area (Å²) in [4.78, 5) is 37.6. The van der Waals surface area contributed by atoms with Gasteiger partial charge in [0.15, 0.2) is 0 Å². The summed E-state index contributed by atoms with van der Waals surface area (Å²) < 4.78 is 22.4. The van der Waals surface area contributed by atoms with E-state index in [1.54, 1.807) is 5.57 Å². The van der Waals surface area contributed by atoms with E-state index in [1.807, 2.05) is 7.11 Å². The van der Waals surface area contributed by atoms with Crippen molar-refractivity contribution >= 4 is 11.9 Å². The van der Waals surface area contributed by atoms with Gasteiger partial charge in [0, 0.05) is 18.6 Å². The number of aliphatic hydroxyl groups excluding tert-OH is 1. The van der Waals surface area contributed by atoms with E-state index in [-0.39, 0.29) is 46.7 Å². The fourth-order valence-electron chi connectivity index (χ4n) is 12.7. The average Bonchev–Trinajstić information content (AvgIpc) is 3.19. The summed E-state index contributed by atoms with van der Waals surface area (Å²) in [5, 5.41) is 9.11. The molecule has 49 heavy (non-hydrogen) atoms. The Morgan fingerprint density at radius 3 is 2.20 bits per heavy atom. The van der Waals surface area contributed by atoms with Crippen molar-refractivity contribution in [3.63, 3.8) is 0 Å². The molecule has 9 atom stereocenters. The van der Waals surface area contributed by atoms with Crippen LogP contribution in [-0.4, -0.2) is 36.4 Å². The van der Waals surface area contributed by atoms with Gasteiger partial charge in [-0.15, -0.1) is 0 Å². The van der Waals surface area contributed by atoms with E-state index < -0.39 is 24.0 Å². The van der Waals surface area contributed by atoms with E-state index in [0.717, 1.165) is 38.0 Å². The van der Waals surface area contributed by atoms with Gasteiger partial charge in [0.05, 0.1) is 18.9 Å². The van der Waals surface area contributed by atoms with Gasteiger partial charge < -0.3 is 23.7 Å². The van der Waals surface area contributed by atoms with Crippen LogP contribution in [0.3, 0.4) is 0 Å². The number of rotatable bonds is 7. The highest BCUT2D eigenvalue weighted by Gasteiger charge is 2.63. The van der Waals surface area contributed by atoms with Crippen molar-refractivity contribution in [2.45, 2.75) is 144 Å². The zero-order valence-electron chi connectivity index (χ0n) is 31.2. The first-order valence-electron chi connectivity index (χ1n) is 18.8. The summed E-state index contributed by atoms with van der Waals surface area (Å²) in [6, 6.07) is 1.08. The molecule has 8 heteroatoms. The van der Waals surface area contributed by atoms with Crippen molar-refractivity contribution in [2.75, 3.05) is 7.11 Å². The van der Waals surface area contributed by atoms with Crippen molar-refractivity contribution in [3.8, 4) is 5.75 Å². The molecule has 1 N–H and O–H groups in total. The van der Waals surface area contributed by atoms with E-state index in [0.29, 0.717) is 40.6 Å². The molecule has 0 bridgehead atoms. The molecule has 4 fully saturated rings. The van der Waals surface area contributed by atoms with Crippen LogP contribution in [0.4, 0.5) is 0 Å². The van der Waals surface area contributed by atoms with Gasteiger partial charge in [-0.3, -0.25) is 14.4 Å². The molecule has 5 aliphatic carbocycles. The third-order valence-corrected chi connectivity index (χ3v) is 15.1. The van der Waals surface area contributed by atoms with Gasteiger partial charge in [-0.05, 0) is 110 Å². The van der Waals surface area contributed by atoms with E-state index in [2.05, 4.69) is 54.5 Å². The van der Waals surface area contributed by atoms with Crippen LogP contribution in [-0.2, 0) is 25.7 Å². The van der Waals surface area contributed by atoms with Gasteiger partial charge in [0.2, 0.25) is 11.2 Å². The lowest BCUT2D eigenvalue weighted by atomic mass is 9.42. The fourth-order valence-corrected chi connectivity index (χ4v) is 12.7. The normalized spacial score (nSPS) is 39.2. The molecule has 272 valence electrons. The van der Waals surface area contributed by atoms with Crippen LogP contribution < -0.4 is 10.2 Å². The van der Waals surface area contributed by atoms with Gasteiger partial charge in [0.25, 0.3) is 0 Å². The summed E-state index contributed by atoms with van der Waals surface area (Å²) in [5.41, 5.74) is 1.88. The number of ether oxygens (including phenoxy) is 3. The van der Waals surface area contributed by atoms with Gasteiger partial charge in [-0.1, -0.05) is 60.1 Å². The maximum Gasteiger partial charge on any atom is 0.312 e. The van der Waals surface area contributed by atoms with Crippen LogP contribution >= 0.6 is 0 Å². The largest absolute Gasteiger partial charge is 0.463 e. The summed E-state index contributed by atoms with van der Waals surface area (Å²) in [5.74, 6) is 0.999. The van der Waals surface area contributed by atoms with Crippen LogP contribution in [0, 0.1) is 50.7 Å². The Morgan fingerprint density at radius 1 is 0.837 bits per heavy atom. The predicted molar refractivity (Wildman–Crippen MR) is 187 cm³/mol. The molecule has 6 rings (SSSR count). The number of carbonyl (C=O) groups excluding carboxylic acids is 2. The Labute approximate surface area is 292 Å². The Morgan fingerprint density at radius 2 is 1.51 bits per heavy atom. The van der Waals surface area contributed by atoms with Gasteiger partial charge >= 0.3 is 11.9 Å². The second-order valence-corrected chi connectivity index (χ2v) is 18.3. The maximum absolute atomic E-state index is 13.1. The number of aliphatic hydroxyl groups is 1. The average molecular weight is 681 g/mol. The third-order valence-electron chi connectivity index (χ3n) is 15.1. The van der Waals surface area contributed by atoms with Crippen molar-refractivity contribution in [3.05, 3.63) is 40.0 Å². The van der Waals surface area contributed by atoms with Crippen LogP contribution in [0.1, 0.15) is 131 Å². The molecule has 4 saturated carbocycles. The minimum Gasteiger partial charge on any atom is -0.463 e. The third kappa shape index (κ3) is 6.15. The van der Waals surface area contributed by atoms with Crippen molar-refractivity contribution in [2.24, 2.45) is 50.7 Å². The maximum atomic E-state index is 13.1. The number of allylic oxidation sites excluding steroid dienone is 2. The SMILES string of the molecule is CO[C@@H]1CC[C@]2(C)[C@H](CC[C@@]3(C)CC4=CC[C@@H]5C(C)(C)[C@H](OC(=O)CCC(=O)Oc6coc(CO)cc6=O)CC[C@@]5(C)[C@@H]4CC[C@@H]32)C1(C)C. The van der Waals surface area contributed by atoms with Gasteiger partial charge in [-0.2, -0.15) is 0 Å². The number of hydrogen-bond acceptors (Lipinski definition) is 8. The molecule has 5 aliphatic rings. The fraction of sp³-hybridized carbons (Fsp3) is 0.780. The lowest BCUT2D eigenvalue weighted by Gasteiger charge is -2.64. The zero-order valence-corrected chi connectivity index (χ0v) is 31.2. The zero-order chi connectivity index (χ0) is 35.6. The Kier molecular flexibility index (Phi) is 9.61. The first-order valence-corrected chi connectivity index (χ1v) is 18.8. The standard InChI is InChI=1S/C41H60O8/c1-37(2)31-15-18-39(5)22-25-9-11-30-38(3,4)34(49-36(45)14-13-35(44)48-29-24-47-26(23-42)21-28(29)43)17-19-40(30,6)27(25)10-12-32(39)41(31,7)20-16-33(37)46-8/h9,21,24,27,30-34,42H,10-20,22-23H2,1-8H3/t27-,30-,31-,32+,33-,34-,39+,40+,41-/m1/s1. The smallest absolute Gasteiger partial charge is 0.312 e. The summed E-state index contributed by atoms with van der Waals surface area (Å²) in [6.07, 6.45) is 14.9. The first kappa shape index (κ1) is 36.3. The minimum absolute atomic E-state index is 0.0765. The molecule has 0 aliphatic heterocycles. The number of methoxy groups -OCH3 is 1. The van der Waals surface area contributed by atoms with Crippen molar-refractivity contribution < 1.29 is 33.3 Å². The minimum atomic E-state index is -0.709. The molecule has 1 aromatic heterocycles. The molecular weight excluding hydrogens is 620 g/mol. The lowest BCUT2D eigenvalue weighted by molar-refractivity contribution is -0.178. The Bertz CT molecular complexity index is 1520. The number of hydrogen-bond donors (Lipinski definition) is 1.